The second-order valence-electron chi connectivity index (χ2n) is 7.17. The summed E-state index contributed by atoms with van der Waals surface area (Å²) in [5.41, 5.74) is 1.14. The first kappa shape index (κ1) is 16.2. The summed E-state index contributed by atoms with van der Waals surface area (Å²) < 4.78 is 7.30. The third-order valence-corrected chi connectivity index (χ3v) is 5.48. The highest BCUT2D eigenvalue weighted by Crippen LogP contribution is 2.36. The minimum atomic E-state index is -0.551. The number of aromatic nitrogens is 5. The van der Waals surface area contributed by atoms with Crippen molar-refractivity contribution in [3.8, 4) is 11.9 Å². The van der Waals surface area contributed by atoms with Crippen LogP contribution in [0.1, 0.15) is 12.5 Å². The third-order valence-electron chi connectivity index (χ3n) is 5.48. The van der Waals surface area contributed by atoms with Crippen molar-refractivity contribution >= 4 is 16.9 Å². The van der Waals surface area contributed by atoms with Crippen LogP contribution in [0.25, 0.3) is 16.9 Å². The number of pyridine rings is 1. The molecule has 9 heteroatoms. The van der Waals surface area contributed by atoms with Crippen molar-refractivity contribution < 1.29 is 4.74 Å². The number of morpholine rings is 1. The largest absolute Gasteiger partial charge is 0.377 e. The van der Waals surface area contributed by atoms with Gasteiger partial charge in [-0.3, -0.25) is 5.10 Å². The SMILES string of the molecule is C[C@@H]1COCCN1c1cc(C2(C#N)CNC2)c2cnn(-c3cc[nH]n3)c2n1. The molecule has 138 valence electrons. The molecule has 0 aromatic carbocycles. The second kappa shape index (κ2) is 6.04. The van der Waals surface area contributed by atoms with Crippen molar-refractivity contribution in [1.82, 2.24) is 30.3 Å². The van der Waals surface area contributed by atoms with Crippen LogP contribution >= 0.6 is 0 Å². The molecule has 9 nitrogen and oxygen atoms in total. The van der Waals surface area contributed by atoms with Crippen molar-refractivity contribution in [2.45, 2.75) is 18.4 Å². The maximum atomic E-state index is 9.90. The second-order valence-corrected chi connectivity index (χ2v) is 7.17. The lowest BCUT2D eigenvalue weighted by Crippen LogP contribution is -2.56. The number of nitrogens with one attached hydrogen (secondary N) is 2. The van der Waals surface area contributed by atoms with E-state index >= 15 is 0 Å². The molecule has 2 saturated heterocycles. The molecule has 27 heavy (non-hydrogen) atoms. The van der Waals surface area contributed by atoms with Crippen molar-refractivity contribution in [1.29, 1.82) is 5.26 Å². The standard InChI is InChI=1S/C18H20N8O/c1-12-8-27-5-4-25(12)16-6-14(18(9-19)10-20-11-18)13-7-22-26(17(13)23-16)15-2-3-21-24-15/h2-3,6-7,12,20H,4-5,8,10-11H2,1H3,(H,21,24)/t12-/m1/s1. The molecule has 1 atom stereocenters. The molecule has 0 saturated carbocycles. The van der Waals surface area contributed by atoms with Crippen LogP contribution in [0.3, 0.4) is 0 Å². The molecular formula is C18H20N8O. The average molecular weight is 364 g/mol. The zero-order valence-electron chi connectivity index (χ0n) is 15.0. The van der Waals surface area contributed by atoms with E-state index in [0.29, 0.717) is 32.1 Å². The maximum Gasteiger partial charge on any atom is 0.177 e. The minimum absolute atomic E-state index is 0.218. The van der Waals surface area contributed by atoms with Gasteiger partial charge in [-0.05, 0) is 18.6 Å². The quantitative estimate of drug-likeness (QED) is 0.705. The van der Waals surface area contributed by atoms with Gasteiger partial charge < -0.3 is 15.0 Å². The number of hydrogen-bond acceptors (Lipinski definition) is 7. The van der Waals surface area contributed by atoms with Gasteiger partial charge in [0.05, 0.1) is 31.5 Å². The van der Waals surface area contributed by atoms with Crippen molar-refractivity contribution in [2.24, 2.45) is 0 Å². The molecule has 2 aliphatic heterocycles. The first-order valence-electron chi connectivity index (χ1n) is 9.08. The molecule has 0 spiro atoms. The van der Waals surface area contributed by atoms with Gasteiger partial charge in [0.15, 0.2) is 11.5 Å². The highest BCUT2D eigenvalue weighted by Gasteiger charge is 2.41. The highest BCUT2D eigenvalue weighted by atomic mass is 16.5. The Morgan fingerprint density at radius 3 is 2.93 bits per heavy atom. The zero-order valence-corrected chi connectivity index (χ0v) is 15.0. The van der Waals surface area contributed by atoms with Crippen molar-refractivity contribution in [3.63, 3.8) is 0 Å². The molecule has 0 bridgehead atoms. The summed E-state index contributed by atoms with van der Waals surface area (Å²) in [4.78, 5) is 7.16. The number of aromatic amines is 1. The summed E-state index contributed by atoms with van der Waals surface area (Å²) in [5, 5.41) is 25.6. The monoisotopic (exact) mass is 364 g/mol. The van der Waals surface area contributed by atoms with Crippen molar-refractivity contribution in [2.75, 3.05) is 37.7 Å². The molecule has 0 unspecified atom stereocenters. The lowest BCUT2D eigenvalue weighted by Gasteiger charge is -2.39. The Bertz CT molecular complexity index is 1010. The molecule has 2 fully saturated rings. The van der Waals surface area contributed by atoms with Crippen LogP contribution < -0.4 is 10.2 Å². The molecule has 5 rings (SSSR count). The van der Waals surface area contributed by atoms with Gasteiger partial charge in [-0.25, -0.2) is 4.98 Å². The van der Waals surface area contributed by atoms with E-state index in [-0.39, 0.29) is 6.04 Å². The average Bonchev–Trinajstić information content (AvgIpc) is 3.30. The molecule has 3 aromatic heterocycles. The van der Waals surface area contributed by atoms with Gasteiger partial charge in [0.2, 0.25) is 0 Å². The van der Waals surface area contributed by atoms with Gasteiger partial charge in [-0.2, -0.15) is 20.1 Å². The van der Waals surface area contributed by atoms with Gasteiger partial charge in [0, 0.05) is 37.3 Å². The summed E-state index contributed by atoms with van der Waals surface area (Å²) in [6.45, 7) is 5.50. The molecule has 0 amide bonds. The Morgan fingerprint density at radius 2 is 2.26 bits per heavy atom. The van der Waals surface area contributed by atoms with E-state index in [9.17, 15) is 5.26 Å². The minimum Gasteiger partial charge on any atom is -0.377 e. The molecular weight excluding hydrogens is 344 g/mol. The predicted molar refractivity (Wildman–Crippen MR) is 98.8 cm³/mol. The van der Waals surface area contributed by atoms with Crippen molar-refractivity contribution in [3.05, 3.63) is 30.1 Å². The van der Waals surface area contributed by atoms with E-state index in [1.807, 2.05) is 6.07 Å². The first-order valence-corrected chi connectivity index (χ1v) is 9.08. The summed E-state index contributed by atoms with van der Waals surface area (Å²) in [5.74, 6) is 1.53. The smallest absolute Gasteiger partial charge is 0.177 e. The van der Waals surface area contributed by atoms with E-state index < -0.39 is 5.41 Å². The molecule has 5 heterocycles. The van der Waals surface area contributed by atoms with Gasteiger partial charge in [0.25, 0.3) is 0 Å². The number of rotatable bonds is 3. The Labute approximate surface area is 155 Å². The number of nitrogens with zero attached hydrogens (tertiary/aromatic N) is 6. The number of ether oxygens (including phenoxy) is 1. The Balaban J connectivity index is 1.74. The van der Waals surface area contributed by atoms with E-state index in [1.165, 1.54) is 0 Å². The highest BCUT2D eigenvalue weighted by molar-refractivity contribution is 5.84. The van der Waals surface area contributed by atoms with Gasteiger partial charge in [-0.15, -0.1) is 0 Å². The fourth-order valence-electron chi connectivity index (χ4n) is 3.84. The lowest BCUT2D eigenvalue weighted by molar-refractivity contribution is 0.0985. The van der Waals surface area contributed by atoms with E-state index in [0.717, 1.165) is 29.0 Å². The van der Waals surface area contributed by atoms with Crippen LogP contribution in [-0.4, -0.2) is 63.9 Å². The number of anilines is 1. The van der Waals surface area contributed by atoms with Gasteiger partial charge in [-0.1, -0.05) is 0 Å². The van der Waals surface area contributed by atoms with Gasteiger partial charge >= 0.3 is 0 Å². The van der Waals surface area contributed by atoms with Gasteiger partial charge in [0.1, 0.15) is 11.2 Å². The summed E-state index contributed by atoms with van der Waals surface area (Å²) in [6.07, 6.45) is 3.54. The molecule has 2 N–H and O–H groups in total. The van der Waals surface area contributed by atoms with Crippen LogP contribution in [0.5, 0.6) is 0 Å². The zero-order chi connectivity index (χ0) is 18.4. The Kier molecular flexibility index (Phi) is 3.63. The number of hydrogen-bond donors (Lipinski definition) is 2. The van der Waals surface area contributed by atoms with Crippen LogP contribution in [0.2, 0.25) is 0 Å². The van der Waals surface area contributed by atoms with E-state index in [2.05, 4.69) is 44.6 Å². The van der Waals surface area contributed by atoms with E-state index in [1.54, 1.807) is 17.1 Å². The fourth-order valence-corrected chi connectivity index (χ4v) is 3.84. The normalized spacial score (nSPS) is 21.8. The van der Waals surface area contributed by atoms with E-state index in [4.69, 9.17) is 9.72 Å². The third kappa shape index (κ3) is 2.41. The summed E-state index contributed by atoms with van der Waals surface area (Å²) in [7, 11) is 0. The molecule has 3 aromatic rings. The predicted octanol–water partition coefficient (Wildman–Crippen LogP) is 0.733. The summed E-state index contributed by atoms with van der Waals surface area (Å²) in [6, 6.07) is 6.65. The van der Waals surface area contributed by atoms with Crippen LogP contribution in [-0.2, 0) is 10.2 Å². The topological polar surface area (TPSA) is 108 Å². The fraction of sp³-hybridized carbons (Fsp3) is 0.444. The Hall–Kier alpha value is -2.96. The number of H-pyrrole nitrogens is 1. The molecule has 0 radical (unpaired) electrons. The van der Waals surface area contributed by atoms with Crippen LogP contribution in [0.4, 0.5) is 5.82 Å². The first-order chi connectivity index (χ1) is 13.2. The summed E-state index contributed by atoms with van der Waals surface area (Å²) >= 11 is 0. The number of fused-ring (bicyclic) bond motifs is 1. The molecule has 0 aliphatic carbocycles. The van der Waals surface area contributed by atoms with Crippen LogP contribution in [0.15, 0.2) is 24.5 Å². The Morgan fingerprint density at radius 1 is 1.37 bits per heavy atom. The lowest BCUT2D eigenvalue weighted by atomic mass is 9.76. The number of nitriles is 1. The molecule has 2 aliphatic rings. The maximum absolute atomic E-state index is 9.90. The van der Waals surface area contributed by atoms with Crippen LogP contribution in [0, 0.1) is 11.3 Å².